The third kappa shape index (κ3) is 3.70. The first kappa shape index (κ1) is 16.2. The van der Waals surface area contributed by atoms with Gasteiger partial charge in [0.25, 0.3) is 0 Å². The number of rotatable bonds is 4. The number of aliphatic hydroxyl groups excluding tert-OH is 1. The van der Waals surface area contributed by atoms with Crippen molar-refractivity contribution in [2.75, 3.05) is 25.1 Å². The molecule has 1 aromatic rings. The van der Waals surface area contributed by atoms with E-state index in [9.17, 15) is 5.11 Å². The van der Waals surface area contributed by atoms with Crippen molar-refractivity contribution in [3.63, 3.8) is 0 Å². The number of ether oxygens (including phenoxy) is 1. The summed E-state index contributed by atoms with van der Waals surface area (Å²) in [6.45, 7) is 8.60. The lowest BCUT2D eigenvalue weighted by Gasteiger charge is -2.28. The fraction of sp³-hybridized carbons (Fsp3) is 0.667. The molecule has 2 rings (SSSR count). The van der Waals surface area contributed by atoms with Gasteiger partial charge in [0.1, 0.15) is 5.75 Å². The molecule has 0 aliphatic carbocycles. The van der Waals surface area contributed by atoms with Gasteiger partial charge in [0, 0.05) is 24.3 Å². The van der Waals surface area contributed by atoms with Gasteiger partial charge in [-0.15, -0.1) is 0 Å². The lowest BCUT2D eigenvalue weighted by molar-refractivity contribution is 0.194. The maximum Gasteiger partial charge on any atom is 0.126 e. The first-order valence-corrected chi connectivity index (χ1v) is 8.14. The van der Waals surface area contributed by atoms with Crippen LogP contribution in [0.5, 0.6) is 5.75 Å². The topological polar surface area (TPSA) is 32.7 Å². The molecule has 0 spiro atoms. The Morgan fingerprint density at radius 2 is 1.95 bits per heavy atom. The van der Waals surface area contributed by atoms with Crippen molar-refractivity contribution < 1.29 is 9.84 Å². The van der Waals surface area contributed by atoms with Gasteiger partial charge in [-0.05, 0) is 50.2 Å². The summed E-state index contributed by atoms with van der Waals surface area (Å²) < 4.78 is 5.44. The molecule has 0 amide bonds. The number of hydrogen-bond acceptors (Lipinski definition) is 3. The van der Waals surface area contributed by atoms with E-state index >= 15 is 0 Å². The van der Waals surface area contributed by atoms with Gasteiger partial charge in [0.2, 0.25) is 0 Å². The summed E-state index contributed by atoms with van der Waals surface area (Å²) in [5.74, 6) is 2.36. The third-order valence-electron chi connectivity index (χ3n) is 4.74. The van der Waals surface area contributed by atoms with Gasteiger partial charge in [-0.3, -0.25) is 0 Å². The molecule has 1 aliphatic rings. The normalized spacial score (nSPS) is 21.2. The van der Waals surface area contributed by atoms with Crippen LogP contribution in [0.4, 0.5) is 5.69 Å². The summed E-state index contributed by atoms with van der Waals surface area (Å²) in [5.41, 5.74) is 2.05. The van der Waals surface area contributed by atoms with Crippen LogP contribution in [0, 0.1) is 11.8 Å². The largest absolute Gasteiger partial charge is 0.496 e. The van der Waals surface area contributed by atoms with Crippen molar-refractivity contribution in [2.45, 2.75) is 46.1 Å². The summed E-state index contributed by atoms with van der Waals surface area (Å²) in [6.07, 6.45) is 3.25. The Bertz CT molecular complexity index is 457. The molecule has 118 valence electrons. The van der Waals surface area contributed by atoms with E-state index in [1.165, 1.54) is 19.3 Å². The molecule has 1 saturated heterocycles. The second kappa shape index (κ2) is 7.17. The molecular formula is C18H29NO2. The van der Waals surface area contributed by atoms with E-state index in [1.807, 2.05) is 19.1 Å². The SMILES string of the molecule is COc1cccc(N2CCCC(C(C)C)CC2)c1C(C)O. The van der Waals surface area contributed by atoms with Crippen LogP contribution in [0.15, 0.2) is 18.2 Å². The number of methoxy groups -OCH3 is 1. The fourth-order valence-corrected chi connectivity index (χ4v) is 3.44. The molecule has 1 aromatic carbocycles. The van der Waals surface area contributed by atoms with E-state index in [0.717, 1.165) is 41.9 Å². The average Bonchev–Trinajstić information content (AvgIpc) is 2.72. The molecule has 1 heterocycles. The molecule has 21 heavy (non-hydrogen) atoms. The highest BCUT2D eigenvalue weighted by molar-refractivity contribution is 5.60. The van der Waals surface area contributed by atoms with Gasteiger partial charge in [-0.25, -0.2) is 0 Å². The maximum atomic E-state index is 10.2. The van der Waals surface area contributed by atoms with E-state index in [4.69, 9.17) is 4.74 Å². The lowest BCUT2D eigenvalue weighted by atomic mass is 9.89. The molecule has 0 bridgehead atoms. The van der Waals surface area contributed by atoms with Crippen LogP contribution in [0.25, 0.3) is 0 Å². The minimum Gasteiger partial charge on any atom is -0.496 e. The number of aliphatic hydroxyl groups is 1. The molecule has 1 aliphatic heterocycles. The Kier molecular flexibility index (Phi) is 5.51. The Balaban J connectivity index is 2.25. The number of hydrogen-bond donors (Lipinski definition) is 1. The van der Waals surface area contributed by atoms with Gasteiger partial charge >= 0.3 is 0 Å². The van der Waals surface area contributed by atoms with Crippen molar-refractivity contribution in [3.05, 3.63) is 23.8 Å². The number of nitrogens with zero attached hydrogens (tertiary/aromatic N) is 1. The predicted molar refractivity (Wildman–Crippen MR) is 88.0 cm³/mol. The van der Waals surface area contributed by atoms with Gasteiger partial charge in [0.05, 0.1) is 13.2 Å². The Morgan fingerprint density at radius 3 is 2.57 bits per heavy atom. The van der Waals surface area contributed by atoms with E-state index in [1.54, 1.807) is 7.11 Å². The van der Waals surface area contributed by atoms with Crippen LogP contribution < -0.4 is 9.64 Å². The van der Waals surface area contributed by atoms with Crippen LogP contribution >= 0.6 is 0 Å². The Morgan fingerprint density at radius 1 is 1.19 bits per heavy atom. The first-order chi connectivity index (χ1) is 10.0. The van der Waals surface area contributed by atoms with E-state index in [2.05, 4.69) is 24.8 Å². The van der Waals surface area contributed by atoms with E-state index in [-0.39, 0.29) is 0 Å². The molecule has 1 N–H and O–H groups in total. The van der Waals surface area contributed by atoms with Crippen LogP contribution in [0.2, 0.25) is 0 Å². The molecule has 2 unspecified atom stereocenters. The molecule has 0 aromatic heterocycles. The molecule has 3 heteroatoms. The van der Waals surface area contributed by atoms with Crippen LogP contribution in [-0.4, -0.2) is 25.3 Å². The minimum absolute atomic E-state index is 0.514. The van der Waals surface area contributed by atoms with Gasteiger partial charge in [-0.1, -0.05) is 19.9 Å². The highest BCUT2D eigenvalue weighted by Crippen LogP contribution is 2.36. The fourth-order valence-electron chi connectivity index (χ4n) is 3.44. The highest BCUT2D eigenvalue weighted by Gasteiger charge is 2.23. The second-order valence-electron chi connectivity index (χ2n) is 6.49. The standard InChI is InChI=1S/C18H29NO2/c1-13(2)15-7-6-11-19(12-10-15)16-8-5-9-17(21-4)18(16)14(3)20/h5,8-9,13-15,20H,6-7,10-12H2,1-4H3. The highest BCUT2D eigenvalue weighted by atomic mass is 16.5. The van der Waals surface area contributed by atoms with Crippen molar-refractivity contribution in [2.24, 2.45) is 11.8 Å². The Labute approximate surface area is 128 Å². The monoisotopic (exact) mass is 291 g/mol. The predicted octanol–water partition coefficient (Wildman–Crippen LogP) is 4.01. The van der Waals surface area contributed by atoms with Crippen LogP contribution in [0.3, 0.4) is 0 Å². The molecular weight excluding hydrogens is 262 g/mol. The number of benzene rings is 1. The zero-order valence-electron chi connectivity index (χ0n) is 13.8. The molecule has 1 fully saturated rings. The lowest BCUT2D eigenvalue weighted by Crippen LogP contribution is -2.26. The zero-order valence-corrected chi connectivity index (χ0v) is 13.8. The number of anilines is 1. The summed E-state index contributed by atoms with van der Waals surface area (Å²) >= 11 is 0. The van der Waals surface area contributed by atoms with Gasteiger partial charge in [0.15, 0.2) is 0 Å². The van der Waals surface area contributed by atoms with E-state index < -0.39 is 6.10 Å². The molecule has 0 saturated carbocycles. The third-order valence-corrected chi connectivity index (χ3v) is 4.74. The molecule has 0 radical (unpaired) electrons. The van der Waals surface area contributed by atoms with Gasteiger partial charge in [-0.2, -0.15) is 0 Å². The van der Waals surface area contributed by atoms with Crippen molar-refractivity contribution in [3.8, 4) is 5.75 Å². The molecule has 2 atom stereocenters. The second-order valence-corrected chi connectivity index (χ2v) is 6.49. The zero-order chi connectivity index (χ0) is 15.4. The first-order valence-electron chi connectivity index (χ1n) is 8.14. The van der Waals surface area contributed by atoms with E-state index in [0.29, 0.717) is 0 Å². The quantitative estimate of drug-likeness (QED) is 0.909. The summed E-state index contributed by atoms with van der Waals surface area (Å²) in [5, 5.41) is 10.2. The van der Waals surface area contributed by atoms with Crippen LogP contribution in [0.1, 0.15) is 51.7 Å². The van der Waals surface area contributed by atoms with Crippen molar-refractivity contribution in [1.29, 1.82) is 0 Å². The van der Waals surface area contributed by atoms with Crippen molar-refractivity contribution >= 4 is 5.69 Å². The maximum absolute atomic E-state index is 10.2. The van der Waals surface area contributed by atoms with Crippen LogP contribution in [-0.2, 0) is 0 Å². The average molecular weight is 291 g/mol. The summed E-state index contributed by atoms with van der Waals surface area (Å²) in [6, 6.07) is 6.06. The minimum atomic E-state index is -0.514. The smallest absolute Gasteiger partial charge is 0.126 e. The van der Waals surface area contributed by atoms with Gasteiger partial charge < -0.3 is 14.7 Å². The summed E-state index contributed by atoms with van der Waals surface area (Å²) in [4.78, 5) is 2.42. The Hall–Kier alpha value is -1.22. The molecule has 3 nitrogen and oxygen atoms in total. The van der Waals surface area contributed by atoms with Crippen molar-refractivity contribution in [1.82, 2.24) is 0 Å². The summed E-state index contributed by atoms with van der Waals surface area (Å²) in [7, 11) is 1.67.